The number of benzene rings is 2. The molecule has 0 aliphatic rings. The number of nitrogens with two attached hydrogens (primary N) is 1. The van der Waals surface area contributed by atoms with E-state index in [1.165, 1.54) is 43.5 Å². The topological polar surface area (TPSA) is 78.6 Å². The minimum Gasteiger partial charge on any atom is -0.497 e. The van der Waals surface area contributed by atoms with Crippen LogP contribution in [0.2, 0.25) is 0 Å². The second-order valence-corrected chi connectivity index (χ2v) is 4.10. The summed E-state index contributed by atoms with van der Waals surface area (Å²) in [5, 5.41) is 0. The molecule has 0 heterocycles. The van der Waals surface area contributed by atoms with E-state index in [0.29, 0.717) is 5.75 Å². The number of rotatable bonds is 4. The number of esters is 1. The van der Waals surface area contributed by atoms with Crippen LogP contribution >= 0.6 is 0 Å². The van der Waals surface area contributed by atoms with Gasteiger partial charge in [-0.25, -0.2) is 9.18 Å². The summed E-state index contributed by atoms with van der Waals surface area (Å²) in [5.41, 5.74) is 4.97. The third-order valence-corrected chi connectivity index (χ3v) is 2.75. The molecular formula is C15H12FNO4. The van der Waals surface area contributed by atoms with Crippen molar-refractivity contribution in [2.45, 2.75) is 0 Å². The van der Waals surface area contributed by atoms with Crippen molar-refractivity contribution in [1.29, 1.82) is 0 Å². The number of carbonyl (C=O) groups is 2. The van der Waals surface area contributed by atoms with E-state index in [4.69, 9.17) is 15.2 Å². The maximum Gasteiger partial charge on any atom is 0.346 e. The van der Waals surface area contributed by atoms with Crippen molar-refractivity contribution >= 4 is 11.9 Å². The summed E-state index contributed by atoms with van der Waals surface area (Å²) in [4.78, 5) is 23.3. The van der Waals surface area contributed by atoms with Crippen molar-refractivity contribution in [3.63, 3.8) is 0 Å². The normalized spacial score (nSPS) is 10.0. The number of methoxy groups -OCH3 is 1. The predicted octanol–water partition coefficient (Wildman–Crippen LogP) is 2.15. The van der Waals surface area contributed by atoms with Crippen LogP contribution in [0.15, 0.2) is 42.5 Å². The van der Waals surface area contributed by atoms with Gasteiger partial charge < -0.3 is 15.2 Å². The lowest BCUT2D eigenvalue weighted by atomic mass is 10.1. The number of carbonyl (C=O) groups excluding carboxylic acids is 2. The van der Waals surface area contributed by atoms with Crippen LogP contribution in [0.3, 0.4) is 0 Å². The molecule has 108 valence electrons. The van der Waals surface area contributed by atoms with Gasteiger partial charge in [0.15, 0.2) is 0 Å². The van der Waals surface area contributed by atoms with Gasteiger partial charge in [0.25, 0.3) is 5.91 Å². The van der Waals surface area contributed by atoms with Gasteiger partial charge in [-0.05, 0) is 24.3 Å². The third kappa shape index (κ3) is 3.17. The average molecular weight is 289 g/mol. The monoisotopic (exact) mass is 289 g/mol. The highest BCUT2D eigenvalue weighted by Crippen LogP contribution is 2.25. The van der Waals surface area contributed by atoms with Crippen molar-refractivity contribution in [2.75, 3.05) is 7.11 Å². The third-order valence-electron chi connectivity index (χ3n) is 2.75. The quantitative estimate of drug-likeness (QED) is 0.691. The van der Waals surface area contributed by atoms with Gasteiger partial charge in [-0.2, -0.15) is 0 Å². The lowest BCUT2D eigenvalue weighted by molar-refractivity contribution is 0.0727. The summed E-state index contributed by atoms with van der Waals surface area (Å²) >= 11 is 0. The summed E-state index contributed by atoms with van der Waals surface area (Å²) in [6, 6.07) is 9.57. The van der Waals surface area contributed by atoms with E-state index in [-0.39, 0.29) is 16.9 Å². The Labute approximate surface area is 120 Å². The smallest absolute Gasteiger partial charge is 0.346 e. The van der Waals surface area contributed by atoms with Gasteiger partial charge in [0.2, 0.25) is 0 Å². The van der Waals surface area contributed by atoms with Crippen LogP contribution in [0.4, 0.5) is 4.39 Å². The van der Waals surface area contributed by atoms with Gasteiger partial charge in [0, 0.05) is 6.07 Å². The molecule has 2 rings (SSSR count). The number of ether oxygens (including phenoxy) is 2. The van der Waals surface area contributed by atoms with Gasteiger partial charge in [0.1, 0.15) is 17.3 Å². The summed E-state index contributed by atoms with van der Waals surface area (Å²) in [6.07, 6.45) is 0. The molecule has 21 heavy (non-hydrogen) atoms. The Morgan fingerprint density at radius 1 is 1.10 bits per heavy atom. The average Bonchev–Trinajstić information content (AvgIpc) is 2.47. The minimum absolute atomic E-state index is 0.000453. The predicted molar refractivity (Wildman–Crippen MR) is 72.9 cm³/mol. The molecule has 0 unspecified atom stereocenters. The summed E-state index contributed by atoms with van der Waals surface area (Å²) in [7, 11) is 1.42. The van der Waals surface area contributed by atoms with Crippen LogP contribution in [0, 0.1) is 5.82 Å². The molecule has 2 aromatic rings. The molecule has 2 N–H and O–H groups in total. The first-order valence-corrected chi connectivity index (χ1v) is 5.97. The zero-order valence-electron chi connectivity index (χ0n) is 11.1. The Balaban J connectivity index is 2.36. The first-order chi connectivity index (χ1) is 10.0. The fourth-order valence-corrected chi connectivity index (χ4v) is 1.70. The SMILES string of the molecule is COc1ccc(C(N)=O)c(OC(=O)c2ccccc2F)c1. The maximum absolute atomic E-state index is 13.5. The Morgan fingerprint density at radius 2 is 1.81 bits per heavy atom. The minimum atomic E-state index is -0.927. The van der Waals surface area contributed by atoms with Gasteiger partial charge in [-0.1, -0.05) is 12.1 Å². The Morgan fingerprint density at radius 3 is 2.43 bits per heavy atom. The van der Waals surface area contributed by atoms with E-state index in [1.54, 1.807) is 0 Å². The van der Waals surface area contributed by atoms with Gasteiger partial charge in [-0.3, -0.25) is 4.79 Å². The summed E-state index contributed by atoms with van der Waals surface area (Å²) < 4.78 is 23.6. The number of amides is 1. The zero-order valence-corrected chi connectivity index (χ0v) is 11.1. The Kier molecular flexibility index (Phi) is 4.18. The van der Waals surface area contributed by atoms with Crippen LogP contribution in [0.25, 0.3) is 0 Å². The van der Waals surface area contributed by atoms with Crippen molar-refractivity contribution in [3.8, 4) is 11.5 Å². The molecule has 0 aliphatic heterocycles. The maximum atomic E-state index is 13.5. The molecule has 1 amide bonds. The van der Waals surface area contributed by atoms with E-state index >= 15 is 0 Å². The summed E-state index contributed by atoms with van der Waals surface area (Å²) in [5.74, 6) is -2.13. The fraction of sp³-hybridized carbons (Fsp3) is 0.0667. The molecule has 0 atom stereocenters. The van der Waals surface area contributed by atoms with Crippen molar-refractivity contribution in [1.82, 2.24) is 0 Å². The van der Waals surface area contributed by atoms with Crippen LogP contribution < -0.4 is 15.2 Å². The molecule has 0 saturated carbocycles. The van der Waals surface area contributed by atoms with Crippen molar-refractivity contribution in [2.24, 2.45) is 5.73 Å². The van der Waals surface area contributed by atoms with Crippen LogP contribution in [0.1, 0.15) is 20.7 Å². The second kappa shape index (κ2) is 6.04. The summed E-state index contributed by atoms with van der Waals surface area (Å²) in [6.45, 7) is 0. The first-order valence-electron chi connectivity index (χ1n) is 5.97. The lowest BCUT2D eigenvalue weighted by Crippen LogP contribution is -2.16. The molecule has 0 aliphatic carbocycles. The molecule has 0 bridgehead atoms. The molecular weight excluding hydrogens is 277 g/mol. The second-order valence-electron chi connectivity index (χ2n) is 4.10. The van der Waals surface area contributed by atoms with E-state index in [9.17, 15) is 14.0 Å². The van der Waals surface area contributed by atoms with Crippen molar-refractivity contribution < 1.29 is 23.5 Å². The van der Waals surface area contributed by atoms with E-state index in [1.807, 2.05) is 0 Å². The highest BCUT2D eigenvalue weighted by Gasteiger charge is 2.18. The highest BCUT2D eigenvalue weighted by atomic mass is 19.1. The standard InChI is InChI=1S/C15H12FNO4/c1-20-9-6-7-11(14(17)18)13(8-9)21-15(19)10-4-2-3-5-12(10)16/h2-8H,1H3,(H2,17,18). The van der Waals surface area contributed by atoms with Gasteiger partial charge in [-0.15, -0.1) is 0 Å². The zero-order chi connectivity index (χ0) is 15.4. The number of halogens is 1. The van der Waals surface area contributed by atoms with Gasteiger partial charge in [0.05, 0.1) is 18.2 Å². The number of hydrogen-bond acceptors (Lipinski definition) is 4. The number of primary amides is 1. The fourth-order valence-electron chi connectivity index (χ4n) is 1.70. The van der Waals surface area contributed by atoms with E-state index in [0.717, 1.165) is 6.07 Å². The molecule has 0 spiro atoms. The van der Waals surface area contributed by atoms with Gasteiger partial charge >= 0.3 is 5.97 Å². The van der Waals surface area contributed by atoms with Crippen molar-refractivity contribution in [3.05, 3.63) is 59.4 Å². The van der Waals surface area contributed by atoms with Crippen LogP contribution in [-0.4, -0.2) is 19.0 Å². The molecule has 2 aromatic carbocycles. The lowest BCUT2D eigenvalue weighted by Gasteiger charge is -2.10. The molecule has 5 nitrogen and oxygen atoms in total. The molecule has 0 aromatic heterocycles. The first kappa shape index (κ1) is 14.5. The molecule has 6 heteroatoms. The molecule has 0 saturated heterocycles. The van der Waals surface area contributed by atoms with Crippen LogP contribution in [-0.2, 0) is 0 Å². The molecule has 0 radical (unpaired) electrons. The van der Waals surface area contributed by atoms with E-state index < -0.39 is 17.7 Å². The highest BCUT2D eigenvalue weighted by molar-refractivity contribution is 5.98. The van der Waals surface area contributed by atoms with E-state index in [2.05, 4.69) is 0 Å². The Bertz CT molecular complexity index is 700. The molecule has 0 fully saturated rings. The van der Waals surface area contributed by atoms with Crippen LogP contribution in [0.5, 0.6) is 11.5 Å². The number of hydrogen-bond donors (Lipinski definition) is 1. The Hall–Kier alpha value is -2.89. The largest absolute Gasteiger partial charge is 0.497 e.